The minimum atomic E-state index is -4.51. The lowest BCUT2D eigenvalue weighted by molar-refractivity contribution is -0.139. The van der Waals surface area contributed by atoms with E-state index >= 15 is 0 Å². The number of hydrogen-bond acceptors (Lipinski definition) is 9. The van der Waals surface area contributed by atoms with E-state index in [0.717, 1.165) is 81.6 Å². The van der Waals surface area contributed by atoms with E-state index in [0.29, 0.717) is 48.7 Å². The van der Waals surface area contributed by atoms with Crippen LogP contribution in [-0.2, 0) is 35.7 Å². The van der Waals surface area contributed by atoms with Crippen LogP contribution in [0.15, 0.2) is 47.4 Å². The molecule has 0 radical (unpaired) electrons. The highest BCUT2D eigenvalue weighted by Crippen LogP contribution is 2.40. The second kappa shape index (κ2) is 16.5. The van der Waals surface area contributed by atoms with E-state index in [9.17, 15) is 26.7 Å². The molecule has 15 heteroatoms. The Kier molecular flexibility index (Phi) is 12.2. The largest absolute Gasteiger partial charge is 0.492 e. The average Bonchev–Trinajstić information content (AvgIpc) is 3.46. The van der Waals surface area contributed by atoms with Crippen molar-refractivity contribution < 1.29 is 31.4 Å². The number of aromatic nitrogens is 2. The molecule has 6 rings (SSSR count). The van der Waals surface area contributed by atoms with Gasteiger partial charge in [-0.05, 0) is 57.1 Å². The highest BCUT2D eigenvalue weighted by molar-refractivity contribution is 7.99. The van der Waals surface area contributed by atoms with Gasteiger partial charge in [-0.1, -0.05) is 24.6 Å². The molecule has 2 aromatic carbocycles. The summed E-state index contributed by atoms with van der Waals surface area (Å²) >= 11 is 1.20. The van der Waals surface area contributed by atoms with Crippen LogP contribution in [0.3, 0.4) is 0 Å². The predicted octanol–water partition coefficient (Wildman–Crippen LogP) is 5.05. The number of benzene rings is 2. The lowest BCUT2D eigenvalue weighted by Crippen LogP contribution is -2.49. The van der Waals surface area contributed by atoms with Gasteiger partial charge < -0.3 is 19.6 Å². The van der Waals surface area contributed by atoms with Gasteiger partial charge in [-0.2, -0.15) is 22.6 Å². The highest BCUT2D eigenvalue weighted by atomic mass is 32.2. The number of β-amino-alcohol motifs (C(OH)–C–C–N with tert-alkyl or cyclic N) is 1. The maximum Gasteiger partial charge on any atom is 0.417 e. The fourth-order valence-electron chi connectivity index (χ4n) is 7.35. The first-order valence-corrected chi connectivity index (χ1v) is 20.7. The van der Waals surface area contributed by atoms with E-state index in [-0.39, 0.29) is 24.5 Å². The Morgan fingerprint density at radius 1 is 0.961 bits per heavy atom. The van der Waals surface area contributed by atoms with Crippen LogP contribution in [0.2, 0.25) is 0 Å². The Balaban J connectivity index is 1.20. The van der Waals surface area contributed by atoms with Gasteiger partial charge in [0.1, 0.15) is 5.75 Å². The third-order valence-corrected chi connectivity index (χ3v) is 12.3. The molecule has 3 aromatic rings. The molecule has 3 aliphatic rings. The van der Waals surface area contributed by atoms with Crippen molar-refractivity contribution in [2.24, 2.45) is 0 Å². The molecule has 0 saturated carbocycles. The monoisotopic (exact) mass is 750 g/mol. The van der Waals surface area contributed by atoms with Crippen molar-refractivity contribution in [3.05, 3.63) is 59.3 Å². The number of thioether (sulfide) groups is 1. The van der Waals surface area contributed by atoms with Gasteiger partial charge in [0, 0.05) is 86.2 Å². The first-order valence-electron chi connectivity index (χ1n) is 17.9. The van der Waals surface area contributed by atoms with Gasteiger partial charge in [-0.3, -0.25) is 9.58 Å². The number of halogens is 3. The molecule has 1 unspecified atom stereocenters. The predicted molar refractivity (Wildman–Crippen MR) is 195 cm³/mol. The van der Waals surface area contributed by atoms with Crippen LogP contribution in [0.1, 0.15) is 43.0 Å². The minimum absolute atomic E-state index is 0.0727. The topological polar surface area (TPSA) is 94.4 Å². The van der Waals surface area contributed by atoms with E-state index in [1.807, 2.05) is 25.1 Å². The number of fused-ring (bicyclic) bond motifs is 1. The van der Waals surface area contributed by atoms with Gasteiger partial charge in [0.2, 0.25) is 10.0 Å². The molecule has 2 fully saturated rings. The van der Waals surface area contributed by atoms with Crippen molar-refractivity contribution >= 4 is 27.5 Å². The summed E-state index contributed by atoms with van der Waals surface area (Å²) in [5.41, 5.74) is 2.82. The standard InChI is InChI=1S/C36H49F3N6O4S2/c1-3-49-33-10-6-5-9-32(33)43-19-17-42(18-20-43)24-28(46)25-45-31-13-16-44(51(2,47)48)26-29(31)35(40-45)27-11-12-30(36(37,38)39)34(23-27)50-22-21-41-14-7-4-8-15-41/h5-6,9-12,23,28,46H,3-4,7-8,13-22,24-26H2,1-2H3. The molecule has 1 atom stereocenters. The first-order chi connectivity index (χ1) is 24.4. The lowest BCUT2D eigenvalue weighted by atomic mass is 10.0. The summed E-state index contributed by atoms with van der Waals surface area (Å²) in [7, 11) is -3.52. The number of para-hydroxylation sites is 2. The number of ether oxygens (including phenoxy) is 1. The van der Waals surface area contributed by atoms with Crippen LogP contribution < -0.4 is 9.64 Å². The molecule has 51 heavy (non-hydrogen) atoms. The van der Waals surface area contributed by atoms with Crippen molar-refractivity contribution in [1.82, 2.24) is 23.9 Å². The SMILES string of the molecule is CCOc1ccccc1N1CCN(CC(O)Cn2nc(-c3ccc(C(F)(F)F)c(SCCN4CCCCC4)c3)c3c2CCN(S(C)(=O)=O)C3)CC1. The summed E-state index contributed by atoms with van der Waals surface area (Å²) in [5.74, 6) is 1.39. The van der Waals surface area contributed by atoms with Crippen LogP contribution in [-0.4, -0.2) is 121 Å². The van der Waals surface area contributed by atoms with Crippen molar-refractivity contribution in [2.45, 2.75) is 62.9 Å². The van der Waals surface area contributed by atoms with Gasteiger partial charge in [-0.25, -0.2) is 8.42 Å². The number of sulfonamides is 1. The van der Waals surface area contributed by atoms with Crippen LogP contribution in [0.5, 0.6) is 5.75 Å². The minimum Gasteiger partial charge on any atom is -0.492 e. The van der Waals surface area contributed by atoms with Crippen LogP contribution in [0.4, 0.5) is 18.9 Å². The Morgan fingerprint density at radius 3 is 2.41 bits per heavy atom. The van der Waals surface area contributed by atoms with E-state index in [2.05, 4.69) is 20.8 Å². The molecule has 0 spiro atoms. The van der Waals surface area contributed by atoms with Gasteiger partial charge >= 0.3 is 6.18 Å². The van der Waals surface area contributed by atoms with E-state index in [1.165, 1.54) is 28.6 Å². The Hall–Kier alpha value is -2.82. The summed E-state index contributed by atoms with van der Waals surface area (Å²) in [6.07, 6.45) is -0.306. The van der Waals surface area contributed by atoms with E-state index in [4.69, 9.17) is 9.84 Å². The third kappa shape index (κ3) is 9.41. The van der Waals surface area contributed by atoms with E-state index in [1.54, 1.807) is 10.7 Å². The number of anilines is 1. The molecule has 280 valence electrons. The normalized spacial score (nSPS) is 18.9. The van der Waals surface area contributed by atoms with Crippen molar-refractivity contribution in [1.29, 1.82) is 0 Å². The quantitative estimate of drug-likeness (QED) is 0.241. The second-order valence-electron chi connectivity index (χ2n) is 13.6. The summed E-state index contributed by atoms with van der Waals surface area (Å²) in [6.45, 7) is 9.25. The second-order valence-corrected chi connectivity index (χ2v) is 16.7. The zero-order chi connectivity index (χ0) is 36.2. The zero-order valence-corrected chi connectivity index (χ0v) is 31.1. The van der Waals surface area contributed by atoms with Gasteiger partial charge in [0.05, 0.1) is 42.5 Å². The number of alkyl halides is 3. The van der Waals surface area contributed by atoms with Crippen molar-refractivity contribution in [3.8, 4) is 17.0 Å². The first kappa shape index (κ1) is 37.9. The summed E-state index contributed by atoms with van der Waals surface area (Å²) in [6, 6.07) is 12.1. The molecule has 2 saturated heterocycles. The fourth-order valence-corrected chi connectivity index (χ4v) is 9.25. The van der Waals surface area contributed by atoms with Crippen LogP contribution in [0, 0.1) is 0 Å². The molecule has 4 heterocycles. The maximum atomic E-state index is 14.2. The van der Waals surface area contributed by atoms with Crippen molar-refractivity contribution in [2.75, 3.05) is 82.4 Å². The number of hydrogen-bond donors (Lipinski definition) is 1. The Labute approximate surface area is 303 Å². The molecule has 10 nitrogen and oxygen atoms in total. The molecular weight excluding hydrogens is 702 g/mol. The molecule has 1 N–H and O–H groups in total. The smallest absolute Gasteiger partial charge is 0.417 e. The van der Waals surface area contributed by atoms with Gasteiger partial charge in [-0.15, -0.1) is 11.8 Å². The average molecular weight is 751 g/mol. The zero-order valence-electron chi connectivity index (χ0n) is 29.4. The number of likely N-dealkylation sites (tertiary alicyclic amines) is 1. The molecule has 0 aliphatic carbocycles. The molecule has 0 bridgehead atoms. The Morgan fingerprint density at radius 2 is 1.71 bits per heavy atom. The Bertz CT molecular complexity index is 1740. The summed E-state index contributed by atoms with van der Waals surface area (Å²) in [5, 5.41) is 16.2. The van der Waals surface area contributed by atoms with Crippen LogP contribution >= 0.6 is 11.8 Å². The molecule has 0 amide bonds. The molecular formula is C36H49F3N6O4S2. The van der Waals surface area contributed by atoms with E-state index < -0.39 is 27.9 Å². The fraction of sp³-hybridized carbons (Fsp3) is 0.583. The number of aliphatic hydroxyl groups is 1. The number of piperazine rings is 1. The maximum absolute atomic E-state index is 14.2. The molecule has 1 aromatic heterocycles. The van der Waals surface area contributed by atoms with Gasteiger partial charge in [0.15, 0.2) is 0 Å². The van der Waals surface area contributed by atoms with Gasteiger partial charge in [0.25, 0.3) is 0 Å². The number of rotatable bonds is 13. The molecule has 3 aliphatic heterocycles. The highest BCUT2D eigenvalue weighted by Gasteiger charge is 2.35. The number of nitrogens with zero attached hydrogens (tertiary/aromatic N) is 6. The summed E-state index contributed by atoms with van der Waals surface area (Å²) in [4.78, 5) is 6.95. The van der Waals surface area contributed by atoms with Crippen molar-refractivity contribution in [3.63, 3.8) is 0 Å². The summed E-state index contributed by atoms with van der Waals surface area (Å²) < 4.78 is 76.6. The number of aliphatic hydroxyl groups excluding tert-OH is 1. The lowest BCUT2D eigenvalue weighted by Gasteiger charge is -2.37. The number of piperidine rings is 1. The third-order valence-electron chi connectivity index (χ3n) is 9.97. The van der Waals surface area contributed by atoms with Crippen LogP contribution in [0.25, 0.3) is 11.3 Å².